The van der Waals surface area contributed by atoms with Gasteiger partial charge in [0.15, 0.2) is 5.82 Å². The van der Waals surface area contributed by atoms with Gasteiger partial charge in [-0.05, 0) is 12.8 Å². The molecule has 1 unspecified atom stereocenters. The first kappa shape index (κ1) is 9.38. The summed E-state index contributed by atoms with van der Waals surface area (Å²) in [6.45, 7) is 1.84. The van der Waals surface area contributed by atoms with Crippen molar-refractivity contribution >= 4 is 17.5 Å². The molecule has 0 aliphatic carbocycles. The lowest BCUT2D eigenvalue weighted by Crippen LogP contribution is -2.56. The van der Waals surface area contributed by atoms with Crippen LogP contribution in [0, 0.1) is 0 Å². The second-order valence-corrected chi connectivity index (χ2v) is 4.18. The Balaban J connectivity index is 2.12. The van der Waals surface area contributed by atoms with Crippen LogP contribution in [0.5, 0.6) is 0 Å². The van der Waals surface area contributed by atoms with Crippen molar-refractivity contribution in [3.05, 3.63) is 12.5 Å². The van der Waals surface area contributed by atoms with E-state index < -0.39 is 6.03 Å². The van der Waals surface area contributed by atoms with E-state index in [9.17, 15) is 4.79 Å². The molecule has 2 aliphatic heterocycles. The van der Waals surface area contributed by atoms with Crippen LogP contribution in [0.2, 0.25) is 0 Å². The van der Waals surface area contributed by atoms with Crippen LogP contribution in [0.15, 0.2) is 12.5 Å². The molecule has 2 aliphatic rings. The fraction of sp³-hybridized carbons (Fsp3) is 0.500. The molecule has 1 saturated heterocycles. The summed E-state index contributed by atoms with van der Waals surface area (Å²) in [6, 6.07) is -0.264. The van der Waals surface area contributed by atoms with Gasteiger partial charge in [-0.2, -0.15) is 0 Å². The third-order valence-electron chi connectivity index (χ3n) is 3.24. The molecular formula is C10H13N5O. The second kappa shape index (κ2) is 3.33. The number of amides is 2. The molecular weight excluding hydrogens is 206 g/mol. The average molecular weight is 219 g/mol. The van der Waals surface area contributed by atoms with Gasteiger partial charge in [-0.1, -0.05) is 0 Å². The summed E-state index contributed by atoms with van der Waals surface area (Å²) in [5, 5.41) is 0. The summed E-state index contributed by atoms with van der Waals surface area (Å²) in [5.41, 5.74) is 6.34. The number of anilines is 2. The maximum absolute atomic E-state index is 11.5. The molecule has 1 aromatic rings. The number of urea groups is 1. The van der Waals surface area contributed by atoms with E-state index >= 15 is 0 Å². The van der Waals surface area contributed by atoms with E-state index in [2.05, 4.69) is 14.9 Å². The minimum Gasteiger partial charge on any atom is -0.365 e. The second-order valence-electron chi connectivity index (χ2n) is 4.18. The van der Waals surface area contributed by atoms with Crippen molar-refractivity contribution in [1.82, 2.24) is 9.97 Å². The summed E-state index contributed by atoms with van der Waals surface area (Å²) < 4.78 is 0. The number of piperidine rings is 1. The fourth-order valence-corrected chi connectivity index (χ4v) is 2.57. The zero-order valence-corrected chi connectivity index (χ0v) is 8.83. The largest absolute Gasteiger partial charge is 0.365 e. The number of carbonyl (C=O) groups excluding carboxylic acids is 1. The number of hydrogen-bond acceptors (Lipinski definition) is 4. The van der Waals surface area contributed by atoms with Crippen LogP contribution < -0.4 is 15.5 Å². The van der Waals surface area contributed by atoms with E-state index in [0.717, 1.165) is 31.6 Å². The lowest BCUT2D eigenvalue weighted by atomic mass is 10.0. The standard InChI is InChI=1S/C10H13N5O/c11-10(16)15-7-2-1-3-14(5-7)8-4-12-6-13-9(8)15/h4,6-7H,1-3,5H2,(H2,11,16). The number of rotatable bonds is 0. The van der Waals surface area contributed by atoms with Crippen molar-refractivity contribution in [3.63, 3.8) is 0 Å². The molecule has 6 heteroatoms. The number of hydrogen-bond donors (Lipinski definition) is 1. The van der Waals surface area contributed by atoms with Gasteiger partial charge in [-0.25, -0.2) is 14.8 Å². The highest BCUT2D eigenvalue weighted by molar-refractivity contribution is 5.95. The lowest BCUT2D eigenvalue weighted by molar-refractivity contribution is 0.249. The molecule has 0 radical (unpaired) electrons. The van der Waals surface area contributed by atoms with Gasteiger partial charge in [0.2, 0.25) is 0 Å². The molecule has 0 aromatic carbocycles. The van der Waals surface area contributed by atoms with Crippen LogP contribution in [-0.2, 0) is 0 Å². The van der Waals surface area contributed by atoms with Crippen molar-refractivity contribution in [2.75, 3.05) is 22.9 Å². The van der Waals surface area contributed by atoms with Crippen molar-refractivity contribution < 1.29 is 4.79 Å². The third kappa shape index (κ3) is 1.22. The van der Waals surface area contributed by atoms with Gasteiger partial charge in [0.25, 0.3) is 0 Å². The zero-order valence-electron chi connectivity index (χ0n) is 8.83. The normalized spacial score (nSPS) is 22.9. The Morgan fingerprint density at radius 3 is 3.25 bits per heavy atom. The average Bonchev–Trinajstić information content (AvgIpc) is 2.29. The number of nitrogens with two attached hydrogens (primary N) is 1. The first-order valence-corrected chi connectivity index (χ1v) is 5.41. The Kier molecular flexibility index (Phi) is 1.95. The van der Waals surface area contributed by atoms with Gasteiger partial charge in [-0.15, -0.1) is 0 Å². The van der Waals surface area contributed by atoms with E-state index in [1.54, 1.807) is 11.1 Å². The lowest BCUT2D eigenvalue weighted by Gasteiger charge is -2.44. The van der Waals surface area contributed by atoms with Crippen LogP contribution in [0.3, 0.4) is 0 Å². The number of nitrogens with zero attached hydrogens (tertiary/aromatic N) is 4. The minimum atomic E-state index is -0.425. The Hall–Kier alpha value is -1.85. The van der Waals surface area contributed by atoms with Gasteiger partial charge in [-0.3, -0.25) is 4.90 Å². The highest BCUT2D eigenvalue weighted by Crippen LogP contribution is 2.36. The van der Waals surface area contributed by atoms with E-state index in [1.807, 2.05) is 0 Å². The summed E-state index contributed by atoms with van der Waals surface area (Å²) in [5.74, 6) is 0.651. The molecule has 16 heavy (non-hydrogen) atoms. The van der Waals surface area contributed by atoms with Gasteiger partial charge >= 0.3 is 6.03 Å². The van der Waals surface area contributed by atoms with Crippen molar-refractivity contribution in [3.8, 4) is 0 Å². The van der Waals surface area contributed by atoms with E-state index in [4.69, 9.17) is 5.73 Å². The Labute approximate surface area is 93.1 Å². The van der Waals surface area contributed by atoms with Crippen LogP contribution in [-0.4, -0.2) is 35.1 Å². The van der Waals surface area contributed by atoms with Crippen LogP contribution in [0.25, 0.3) is 0 Å². The SMILES string of the molecule is NC(=O)N1c2ncncc2N2CCCC1C2. The van der Waals surface area contributed by atoms with Gasteiger partial charge < -0.3 is 10.6 Å². The van der Waals surface area contributed by atoms with Crippen molar-refractivity contribution in [2.45, 2.75) is 18.9 Å². The smallest absolute Gasteiger partial charge is 0.320 e. The molecule has 6 nitrogen and oxygen atoms in total. The van der Waals surface area contributed by atoms with Gasteiger partial charge in [0.1, 0.15) is 6.33 Å². The molecule has 1 aromatic heterocycles. The molecule has 0 spiro atoms. The Morgan fingerprint density at radius 1 is 1.56 bits per heavy atom. The minimum absolute atomic E-state index is 0.161. The molecule has 1 fully saturated rings. The monoisotopic (exact) mass is 219 g/mol. The molecule has 2 bridgehead atoms. The molecule has 3 heterocycles. The number of primary amides is 1. The Bertz CT molecular complexity index is 435. The molecule has 1 atom stereocenters. The fourth-order valence-electron chi connectivity index (χ4n) is 2.57. The summed E-state index contributed by atoms with van der Waals surface area (Å²) in [7, 11) is 0. The third-order valence-corrected chi connectivity index (χ3v) is 3.24. The van der Waals surface area contributed by atoms with Crippen LogP contribution in [0.1, 0.15) is 12.8 Å². The molecule has 2 amide bonds. The van der Waals surface area contributed by atoms with Gasteiger partial charge in [0.05, 0.1) is 17.9 Å². The van der Waals surface area contributed by atoms with E-state index in [1.165, 1.54) is 6.33 Å². The quantitative estimate of drug-likeness (QED) is 0.683. The van der Waals surface area contributed by atoms with Crippen LogP contribution in [0.4, 0.5) is 16.3 Å². The van der Waals surface area contributed by atoms with Crippen LogP contribution >= 0.6 is 0 Å². The predicted molar refractivity (Wildman–Crippen MR) is 59.3 cm³/mol. The topological polar surface area (TPSA) is 75.4 Å². The summed E-state index contributed by atoms with van der Waals surface area (Å²) in [6.07, 6.45) is 5.27. The number of fused-ring (bicyclic) bond motifs is 4. The highest BCUT2D eigenvalue weighted by atomic mass is 16.2. The molecule has 3 rings (SSSR count). The molecule has 84 valence electrons. The molecule has 2 N–H and O–H groups in total. The summed E-state index contributed by atoms with van der Waals surface area (Å²) >= 11 is 0. The zero-order chi connectivity index (χ0) is 11.1. The first-order valence-electron chi connectivity index (χ1n) is 5.41. The van der Waals surface area contributed by atoms with Crippen molar-refractivity contribution in [1.29, 1.82) is 0 Å². The van der Waals surface area contributed by atoms with Gasteiger partial charge in [0, 0.05) is 13.1 Å². The van der Waals surface area contributed by atoms with Crippen molar-refractivity contribution in [2.24, 2.45) is 5.73 Å². The Morgan fingerprint density at radius 2 is 2.44 bits per heavy atom. The first-order chi connectivity index (χ1) is 7.77. The predicted octanol–water partition coefficient (Wildman–Crippen LogP) is 0.344. The van der Waals surface area contributed by atoms with E-state index in [-0.39, 0.29) is 6.04 Å². The maximum atomic E-state index is 11.5. The maximum Gasteiger partial charge on any atom is 0.320 e. The highest BCUT2D eigenvalue weighted by Gasteiger charge is 2.37. The number of aromatic nitrogens is 2. The number of carbonyl (C=O) groups is 1. The van der Waals surface area contributed by atoms with E-state index in [0.29, 0.717) is 5.82 Å². The molecule has 0 saturated carbocycles. The summed E-state index contributed by atoms with van der Waals surface area (Å²) in [4.78, 5) is 23.5.